The van der Waals surface area contributed by atoms with Crippen LogP contribution in [0.2, 0.25) is 5.02 Å². The SMILES string of the molecule is O=C(Nc1cc(Cl)cc(C(=O)NC[C@@H]2CNCCC2(F)F)c1)OCc1ccccc1. The lowest BCUT2D eigenvalue weighted by atomic mass is 9.95. The molecule has 0 unspecified atom stereocenters. The fourth-order valence-corrected chi connectivity index (χ4v) is 3.33. The molecule has 160 valence electrons. The molecule has 2 amide bonds. The predicted molar refractivity (Wildman–Crippen MR) is 110 cm³/mol. The summed E-state index contributed by atoms with van der Waals surface area (Å²) in [5.74, 6) is -4.37. The summed E-state index contributed by atoms with van der Waals surface area (Å²) in [6.45, 7) is 0.293. The minimum atomic E-state index is -2.83. The number of amides is 2. The number of nitrogens with one attached hydrogen (secondary N) is 3. The largest absolute Gasteiger partial charge is 0.444 e. The Hall–Kier alpha value is -2.71. The van der Waals surface area contributed by atoms with Crippen LogP contribution >= 0.6 is 11.6 Å². The zero-order chi connectivity index (χ0) is 21.6. The summed E-state index contributed by atoms with van der Waals surface area (Å²) in [5.41, 5.74) is 1.23. The number of benzene rings is 2. The zero-order valence-electron chi connectivity index (χ0n) is 16.1. The Morgan fingerprint density at radius 3 is 2.70 bits per heavy atom. The van der Waals surface area contributed by atoms with Gasteiger partial charge in [-0.3, -0.25) is 10.1 Å². The zero-order valence-corrected chi connectivity index (χ0v) is 16.8. The molecule has 1 heterocycles. The van der Waals surface area contributed by atoms with Crippen LogP contribution in [0.3, 0.4) is 0 Å². The van der Waals surface area contributed by atoms with Crippen molar-refractivity contribution in [2.75, 3.05) is 25.0 Å². The molecule has 0 aromatic heterocycles. The maximum absolute atomic E-state index is 13.9. The fourth-order valence-electron chi connectivity index (χ4n) is 3.09. The molecular weight excluding hydrogens is 416 g/mol. The number of ether oxygens (including phenoxy) is 1. The third-order valence-electron chi connectivity index (χ3n) is 4.75. The first-order valence-corrected chi connectivity index (χ1v) is 9.86. The van der Waals surface area contributed by atoms with E-state index in [0.29, 0.717) is 0 Å². The van der Waals surface area contributed by atoms with Crippen molar-refractivity contribution in [3.63, 3.8) is 0 Å². The molecule has 2 aromatic carbocycles. The summed E-state index contributed by atoms with van der Waals surface area (Å²) in [4.78, 5) is 24.4. The van der Waals surface area contributed by atoms with E-state index >= 15 is 0 Å². The van der Waals surface area contributed by atoms with E-state index in [1.54, 1.807) is 0 Å². The van der Waals surface area contributed by atoms with Gasteiger partial charge >= 0.3 is 6.09 Å². The second kappa shape index (κ2) is 9.86. The second-order valence-corrected chi connectivity index (χ2v) is 7.47. The lowest BCUT2D eigenvalue weighted by molar-refractivity contribution is -0.0761. The Morgan fingerprint density at radius 1 is 1.20 bits per heavy atom. The van der Waals surface area contributed by atoms with Crippen LogP contribution in [0.1, 0.15) is 22.3 Å². The number of piperidine rings is 1. The first-order chi connectivity index (χ1) is 14.3. The van der Waals surface area contributed by atoms with Gasteiger partial charge < -0.3 is 15.4 Å². The summed E-state index contributed by atoms with van der Waals surface area (Å²) in [5, 5.41) is 8.15. The molecule has 1 atom stereocenters. The van der Waals surface area contributed by atoms with Crippen molar-refractivity contribution in [1.82, 2.24) is 10.6 Å². The third-order valence-corrected chi connectivity index (χ3v) is 4.97. The van der Waals surface area contributed by atoms with Gasteiger partial charge in [-0.15, -0.1) is 0 Å². The number of carbonyl (C=O) groups is 2. The van der Waals surface area contributed by atoms with E-state index in [9.17, 15) is 18.4 Å². The van der Waals surface area contributed by atoms with Crippen molar-refractivity contribution in [1.29, 1.82) is 0 Å². The van der Waals surface area contributed by atoms with E-state index in [1.165, 1.54) is 18.2 Å². The molecule has 0 bridgehead atoms. The van der Waals surface area contributed by atoms with Gasteiger partial charge in [0, 0.05) is 42.3 Å². The number of hydrogen-bond acceptors (Lipinski definition) is 4. The van der Waals surface area contributed by atoms with Crippen LogP contribution in [0.15, 0.2) is 48.5 Å². The Balaban J connectivity index is 1.57. The van der Waals surface area contributed by atoms with E-state index in [2.05, 4.69) is 16.0 Å². The van der Waals surface area contributed by atoms with Crippen molar-refractivity contribution < 1.29 is 23.1 Å². The van der Waals surface area contributed by atoms with Crippen LogP contribution in [-0.2, 0) is 11.3 Å². The average Bonchev–Trinajstić information content (AvgIpc) is 2.71. The standard InChI is InChI=1S/C21H22ClF2N3O3/c22-17-8-15(19(28)26-12-16-11-25-7-6-21(16,23)24)9-18(10-17)27-20(29)30-13-14-4-2-1-3-5-14/h1-5,8-10,16,25H,6-7,11-13H2,(H,26,28)(H,27,29)/t16-/m0/s1. The number of hydrogen-bond donors (Lipinski definition) is 3. The summed E-state index contributed by atoms with van der Waals surface area (Å²) in [7, 11) is 0. The maximum atomic E-state index is 13.9. The maximum Gasteiger partial charge on any atom is 0.411 e. The van der Waals surface area contributed by atoms with Gasteiger partial charge in [-0.2, -0.15) is 0 Å². The average molecular weight is 438 g/mol. The highest BCUT2D eigenvalue weighted by Gasteiger charge is 2.41. The van der Waals surface area contributed by atoms with Gasteiger partial charge in [0.05, 0.1) is 5.92 Å². The Kier molecular flexibility index (Phi) is 7.23. The lowest BCUT2D eigenvalue weighted by Gasteiger charge is -2.31. The molecule has 0 spiro atoms. The van der Waals surface area contributed by atoms with Crippen molar-refractivity contribution in [3.05, 3.63) is 64.7 Å². The van der Waals surface area contributed by atoms with Gasteiger partial charge in [0.2, 0.25) is 0 Å². The molecule has 30 heavy (non-hydrogen) atoms. The van der Waals surface area contributed by atoms with Crippen LogP contribution in [-0.4, -0.2) is 37.6 Å². The lowest BCUT2D eigenvalue weighted by Crippen LogP contribution is -2.49. The Morgan fingerprint density at radius 2 is 1.97 bits per heavy atom. The van der Waals surface area contributed by atoms with E-state index in [-0.39, 0.29) is 48.9 Å². The molecular formula is C21H22ClF2N3O3. The first-order valence-electron chi connectivity index (χ1n) is 9.48. The van der Waals surface area contributed by atoms with Crippen LogP contribution in [0.5, 0.6) is 0 Å². The summed E-state index contributed by atoms with van der Waals surface area (Å²) >= 11 is 6.04. The minimum absolute atomic E-state index is 0.0875. The van der Waals surface area contributed by atoms with Gasteiger partial charge in [-0.1, -0.05) is 41.9 Å². The smallest absolute Gasteiger partial charge is 0.411 e. The molecule has 6 nitrogen and oxygen atoms in total. The minimum Gasteiger partial charge on any atom is -0.444 e. The molecule has 3 N–H and O–H groups in total. The quantitative estimate of drug-likeness (QED) is 0.636. The van der Waals surface area contributed by atoms with Gasteiger partial charge in [0.15, 0.2) is 0 Å². The van der Waals surface area contributed by atoms with E-state index < -0.39 is 23.8 Å². The van der Waals surface area contributed by atoms with Crippen molar-refractivity contribution in [2.45, 2.75) is 19.0 Å². The predicted octanol–water partition coefficient (Wildman–Crippen LogP) is 4.06. The number of carbonyl (C=O) groups excluding carboxylic acids is 2. The van der Waals surface area contributed by atoms with Crippen LogP contribution in [0.25, 0.3) is 0 Å². The van der Waals surface area contributed by atoms with Crippen molar-refractivity contribution in [3.8, 4) is 0 Å². The molecule has 1 aliphatic rings. The highest BCUT2D eigenvalue weighted by Crippen LogP contribution is 2.30. The number of anilines is 1. The number of rotatable bonds is 6. The summed E-state index contributed by atoms with van der Waals surface area (Å²) < 4.78 is 33.0. The van der Waals surface area contributed by atoms with E-state index in [4.69, 9.17) is 16.3 Å². The second-order valence-electron chi connectivity index (χ2n) is 7.04. The number of halogens is 3. The monoisotopic (exact) mass is 437 g/mol. The first kappa shape index (κ1) is 22.0. The van der Waals surface area contributed by atoms with Crippen LogP contribution in [0, 0.1) is 5.92 Å². The Bertz CT molecular complexity index is 896. The third kappa shape index (κ3) is 6.14. The molecule has 0 radical (unpaired) electrons. The molecule has 1 fully saturated rings. The summed E-state index contributed by atoms with van der Waals surface area (Å²) in [6, 6.07) is 13.4. The van der Waals surface area contributed by atoms with Crippen molar-refractivity contribution in [2.24, 2.45) is 5.92 Å². The van der Waals surface area contributed by atoms with E-state index in [1.807, 2.05) is 30.3 Å². The molecule has 0 aliphatic carbocycles. The highest BCUT2D eigenvalue weighted by atomic mass is 35.5. The van der Waals surface area contributed by atoms with Crippen LogP contribution < -0.4 is 16.0 Å². The molecule has 2 aromatic rings. The van der Waals surface area contributed by atoms with Gasteiger partial charge in [-0.25, -0.2) is 13.6 Å². The Labute approximate surface area is 177 Å². The van der Waals surface area contributed by atoms with E-state index in [0.717, 1.165) is 5.56 Å². The topological polar surface area (TPSA) is 79.5 Å². The van der Waals surface area contributed by atoms with Gasteiger partial charge in [0.1, 0.15) is 6.61 Å². The van der Waals surface area contributed by atoms with Crippen LogP contribution in [0.4, 0.5) is 19.3 Å². The molecule has 3 rings (SSSR count). The molecule has 9 heteroatoms. The van der Waals surface area contributed by atoms with Gasteiger partial charge in [0.25, 0.3) is 11.8 Å². The fraction of sp³-hybridized carbons (Fsp3) is 0.333. The van der Waals surface area contributed by atoms with Crippen molar-refractivity contribution >= 4 is 29.3 Å². The molecule has 1 aliphatic heterocycles. The normalized spacial score (nSPS) is 17.8. The summed E-state index contributed by atoms with van der Waals surface area (Å²) in [6.07, 6.45) is -0.968. The molecule has 0 saturated carbocycles. The van der Waals surface area contributed by atoms with Gasteiger partial charge in [-0.05, 0) is 23.8 Å². The molecule has 1 saturated heterocycles. The number of alkyl halides is 2. The highest BCUT2D eigenvalue weighted by molar-refractivity contribution is 6.31.